The number of hydrogen-bond acceptors (Lipinski definition) is 4. The van der Waals surface area contributed by atoms with Crippen molar-refractivity contribution in [2.75, 3.05) is 13.2 Å². The fourth-order valence-corrected chi connectivity index (χ4v) is 1.89. The van der Waals surface area contributed by atoms with Gasteiger partial charge < -0.3 is 4.74 Å². The molecule has 0 saturated carbocycles. The second-order valence-electron chi connectivity index (χ2n) is 3.55. The molecule has 0 atom stereocenters. The van der Waals surface area contributed by atoms with E-state index in [2.05, 4.69) is 10.3 Å². The van der Waals surface area contributed by atoms with Gasteiger partial charge in [-0.25, -0.2) is 4.68 Å². The van der Waals surface area contributed by atoms with E-state index in [-0.39, 0.29) is 5.78 Å². The highest BCUT2D eigenvalue weighted by Gasteiger charge is 2.39. The van der Waals surface area contributed by atoms with Gasteiger partial charge in [-0.1, -0.05) is 5.21 Å². The van der Waals surface area contributed by atoms with Crippen molar-refractivity contribution < 1.29 is 9.53 Å². The highest BCUT2D eigenvalue weighted by atomic mass is 16.5. The largest absolute Gasteiger partial charge is 0.381 e. The molecule has 1 aromatic heterocycles. The SMILES string of the molecule is CC(=O)C1(n2ccnn2)CCOCC1. The van der Waals surface area contributed by atoms with E-state index in [1.54, 1.807) is 24.0 Å². The molecule has 2 heterocycles. The standard InChI is InChI=1S/C9H13N3O2/c1-8(13)9(2-6-14-7-3-9)12-5-4-10-11-12/h4-5H,2-3,6-7H2,1H3. The lowest BCUT2D eigenvalue weighted by molar-refractivity contribution is -0.131. The minimum absolute atomic E-state index is 0.131. The third-order valence-corrected chi connectivity index (χ3v) is 2.84. The van der Waals surface area contributed by atoms with Crippen LogP contribution in [0.1, 0.15) is 19.8 Å². The highest BCUT2D eigenvalue weighted by Crippen LogP contribution is 2.28. The Morgan fingerprint density at radius 2 is 2.21 bits per heavy atom. The van der Waals surface area contributed by atoms with Crippen molar-refractivity contribution in [1.29, 1.82) is 0 Å². The van der Waals surface area contributed by atoms with Crippen molar-refractivity contribution in [2.45, 2.75) is 25.3 Å². The minimum Gasteiger partial charge on any atom is -0.381 e. The van der Waals surface area contributed by atoms with Gasteiger partial charge in [-0.15, -0.1) is 5.10 Å². The van der Waals surface area contributed by atoms with Gasteiger partial charge in [-0.3, -0.25) is 4.79 Å². The van der Waals surface area contributed by atoms with Gasteiger partial charge in [0.15, 0.2) is 5.78 Å². The summed E-state index contributed by atoms with van der Waals surface area (Å²) in [6, 6.07) is 0. The van der Waals surface area contributed by atoms with Gasteiger partial charge in [0.25, 0.3) is 0 Å². The molecule has 1 aromatic rings. The molecule has 1 aliphatic rings. The summed E-state index contributed by atoms with van der Waals surface area (Å²) in [5.74, 6) is 0.131. The van der Waals surface area contributed by atoms with Crippen LogP contribution in [0.25, 0.3) is 0 Å². The van der Waals surface area contributed by atoms with Crippen LogP contribution in [0.15, 0.2) is 12.4 Å². The van der Waals surface area contributed by atoms with Crippen LogP contribution in [0, 0.1) is 0 Å². The number of rotatable bonds is 2. The summed E-state index contributed by atoms with van der Waals surface area (Å²) in [4.78, 5) is 11.7. The zero-order valence-corrected chi connectivity index (χ0v) is 8.14. The molecule has 0 N–H and O–H groups in total. The second-order valence-corrected chi connectivity index (χ2v) is 3.55. The van der Waals surface area contributed by atoms with Crippen LogP contribution in [0.2, 0.25) is 0 Å². The average Bonchev–Trinajstić information content (AvgIpc) is 2.72. The van der Waals surface area contributed by atoms with Gasteiger partial charge in [0, 0.05) is 32.3 Å². The number of nitrogens with zero attached hydrogens (tertiary/aromatic N) is 3. The molecule has 5 nitrogen and oxygen atoms in total. The molecule has 5 heteroatoms. The van der Waals surface area contributed by atoms with E-state index in [9.17, 15) is 4.79 Å². The van der Waals surface area contributed by atoms with E-state index < -0.39 is 5.54 Å². The van der Waals surface area contributed by atoms with Crippen molar-refractivity contribution in [2.24, 2.45) is 0 Å². The summed E-state index contributed by atoms with van der Waals surface area (Å²) in [6.45, 7) is 2.83. The van der Waals surface area contributed by atoms with Gasteiger partial charge in [-0.05, 0) is 6.92 Å². The molecule has 1 aliphatic heterocycles. The minimum atomic E-state index is -0.519. The molecular formula is C9H13N3O2. The lowest BCUT2D eigenvalue weighted by Crippen LogP contribution is -2.45. The first-order valence-electron chi connectivity index (χ1n) is 4.71. The third-order valence-electron chi connectivity index (χ3n) is 2.84. The topological polar surface area (TPSA) is 57.0 Å². The molecule has 76 valence electrons. The predicted molar refractivity (Wildman–Crippen MR) is 48.7 cm³/mol. The van der Waals surface area contributed by atoms with Gasteiger partial charge in [0.1, 0.15) is 5.54 Å². The number of ether oxygens (including phenoxy) is 1. The van der Waals surface area contributed by atoms with Crippen LogP contribution >= 0.6 is 0 Å². The molecule has 0 amide bonds. The molecule has 0 spiro atoms. The molecule has 1 saturated heterocycles. The molecule has 0 radical (unpaired) electrons. The fourth-order valence-electron chi connectivity index (χ4n) is 1.89. The number of hydrogen-bond donors (Lipinski definition) is 0. The monoisotopic (exact) mass is 195 g/mol. The zero-order chi connectivity index (χ0) is 10.0. The lowest BCUT2D eigenvalue weighted by atomic mass is 9.86. The van der Waals surface area contributed by atoms with Crippen molar-refractivity contribution in [3.63, 3.8) is 0 Å². The molecule has 0 aliphatic carbocycles. The Morgan fingerprint density at radius 1 is 1.50 bits per heavy atom. The Labute approximate surface area is 82.1 Å². The van der Waals surface area contributed by atoms with Crippen LogP contribution in [-0.2, 0) is 15.1 Å². The molecule has 2 rings (SSSR count). The summed E-state index contributed by atoms with van der Waals surface area (Å²) in [6.07, 6.45) is 4.71. The van der Waals surface area contributed by atoms with Gasteiger partial charge >= 0.3 is 0 Å². The summed E-state index contributed by atoms with van der Waals surface area (Å²) < 4.78 is 6.92. The van der Waals surface area contributed by atoms with Crippen molar-refractivity contribution in [3.05, 3.63) is 12.4 Å². The van der Waals surface area contributed by atoms with Gasteiger partial charge in [0.05, 0.1) is 6.20 Å². The van der Waals surface area contributed by atoms with Gasteiger partial charge in [-0.2, -0.15) is 0 Å². The summed E-state index contributed by atoms with van der Waals surface area (Å²) in [7, 11) is 0. The van der Waals surface area contributed by atoms with Gasteiger partial charge in [0.2, 0.25) is 0 Å². The van der Waals surface area contributed by atoms with Crippen molar-refractivity contribution in [1.82, 2.24) is 15.0 Å². The quantitative estimate of drug-likeness (QED) is 0.684. The van der Waals surface area contributed by atoms with E-state index in [0.717, 1.165) is 0 Å². The molecular weight excluding hydrogens is 182 g/mol. The van der Waals surface area contributed by atoms with Crippen LogP contribution in [0.4, 0.5) is 0 Å². The zero-order valence-electron chi connectivity index (χ0n) is 8.14. The first-order chi connectivity index (χ1) is 6.76. The molecule has 14 heavy (non-hydrogen) atoms. The maximum absolute atomic E-state index is 11.7. The molecule has 0 aromatic carbocycles. The molecule has 0 bridgehead atoms. The Balaban J connectivity index is 2.35. The van der Waals surface area contributed by atoms with E-state index >= 15 is 0 Å². The normalized spacial score (nSPS) is 20.6. The van der Waals surface area contributed by atoms with Crippen LogP contribution < -0.4 is 0 Å². The van der Waals surface area contributed by atoms with Crippen molar-refractivity contribution in [3.8, 4) is 0 Å². The van der Waals surface area contributed by atoms with Crippen LogP contribution in [-0.4, -0.2) is 34.0 Å². The molecule has 1 fully saturated rings. The second kappa shape index (κ2) is 3.49. The van der Waals surface area contributed by atoms with E-state index in [4.69, 9.17) is 4.74 Å². The Hall–Kier alpha value is -1.23. The fraction of sp³-hybridized carbons (Fsp3) is 0.667. The maximum Gasteiger partial charge on any atom is 0.157 e. The first kappa shape index (κ1) is 9.33. The number of ketones is 1. The smallest absolute Gasteiger partial charge is 0.157 e. The maximum atomic E-state index is 11.7. The third kappa shape index (κ3) is 1.33. The van der Waals surface area contributed by atoms with Crippen LogP contribution in [0.3, 0.4) is 0 Å². The molecule has 0 unspecified atom stereocenters. The summed E-state index contributed by atoms with van der Waals surface area (Å²) in [5, 5.41) is 7.67. The van der Waals surface area contributed by atoms with E-state index in [1.165, 1.54) is 0 Å². The predicted octanol–water partition coefficient (Wildman–Crippen LogP) is 0.373. The number of aromatic nitrogens is 3. The number of Topliss-reactive ketones (excluding diaryl/α,β-unsaturated/α-hetero) is 1. The van der Waals surface area contributed by atoms with Crippen molar-refractivity contribution >= 4 is 5.78 Å². The first-order valence-corrected chi connectivity index (χ1v) is 4.71. The Bertz CT molecular complexity index is 315. The Kier molecular flexibility index (Phi) is 2.33. The Morgan fingerprint density at radius 3 is 2.71 bits per heavy atom. The number of carbonyl (C=O) groups is 1. The lowest BCUT2D eigenvalue weighted by Gasteiger charge is -2.34. The average molecular weight is 195 g/mol. The number of carbonyl (C=O) groups excluding carboxylic acids is 1. The summed E-state index contributed by atoms with van der Waals surface area (Å²) >= 11 is 0. The summed E-state index contributed by atoms with van der Waals surface area (Å²) in [5.41, 5.74) is -0.519. The van der Waals surface area contributed by atoms with E-state index in [0.29, 0.717) is 26.1 Å². The highest BCUT2D eigenvalue weighted by molar-refractivity contribution is 5.84. The van der Waals surface area contributed by atoms with E-state index in [1.807, 2.05) is 0 Å². The van der Waals surface area contributed by atoms with Crippen LogP contribution in [0.5, 0.6) is 0 Å².